The normalized spacial score (nSPS) is 32.1. The molecule has 1 saturated carbocycles. The largest absolute Gasteiger partial charge is 0.326 e. The van der Waals surface area contributed by atoms with Gasteiger partial charge < -0.3 is 9.80 Å². The maximum atomic E-state index is 12.3. The molecule has 2 fully saturated rings. The monoisotopic (exact) mass is 239 g/mol. The topological polar surface area (TPSA) is 35.6 Å². The van der Waals surface area contributed by atoms with E-state index in [1.165, 1.54) is 19.3 Å². The number of carbonyl (C=O) groups is 1. The third-order valence-electron chi connectivity index (χ3n) is 4.84. The first-order valence-electron chi connectivity index (χ1n) is 6.65. The second-order valence-corrected chi connectivity index (χ2v) is 6.00. The van der Waals surface area contributed by atoms with Crippen LogP contribution in [0.25, 0.3) is 0 Å². The Morgan fingerprint density at radius 1 is 1.41 bits per heavy atom. The third kappa shape index (κ3) is 1.97. The molecular formula is C13H25N3O. The van der Waals surface area contributed by atoms with E-state index in [0.717, 1.165) is 13.0 Å². The molecule has 1 unspecified atom stereocenters. The molecule has 98 valence electrons. The van der Waals surface area contributed by atoms with E-state index >= 15 is 0 Å². The van der Waals surface area contributed by atoms with Crippen LogP contribution in [0.1, 0.15) is 39.5 Å². The Balaban J connectivity index is 2.04. The lowest BCUT2D eigenvalue weighted by molar-refractivity contribution is -0.134. The van der Waals surface area contributed by atoms with Gasteiger partial charge in [-0.3, -0.25) is 10.1 Å². The summed E-state index contributed by atoms with van der Waals surface area (Å²) in [6, 6.07) is 0. The summed E-state index contributed by atoms with van der Waals surface area (Å²) in [5, 5.41) is 3.35. The van der Waals surface area contributed by atoms with Gasteiger partial charge in [-0.2, -0.15) is 0 Å². The molecule has 0 radical (unpaired) electrons. The van der Waals surface area contributed by atoms with Crippen LogP contribution < -0.4 is 5.32 Å². The molecule has 0 aromatic carbocycles. The van der Waals surface area contributed by atoms with Crippen LogP contribution >= 0.6 is 0 Å². The van der Waals surface area contributed by atoms with Crippen molar-refractivity contribution in [3.8, 4) is 0 Å². The van der Waals surface area contributed by atoms with Gasteiger partial charge in [0.15, 0.2) is 0 Å². The highest BCUT2D eigenvalue weighted by molar-refractivity contribution is 5.87. The number of carbonyl (C=O) groups excluding carboxylic acids is 1. The first-order valence-corrected chi connectivity index (χ1v) is 6.65. The molecule has 4 nitrogen and oxygen atoms in total. The highest BCUT2D eigenvalue weighted by Crippen LogP contribution is 2.37. The Morgan fingerprint density at radius 3 is 2.41 bits per heavy atom. The first kappa shape index (κ1) is 12.8. The molecule has 2 rings (SSSR count). The van der Waals surface area contributed by atoms with Gasteiger partial charge >= 0.3 is 0 Å². The van der Waals surface area contributed by atoms with E-state index in [0.29, 0.717) is 6.67 Å². The average molecular weight is 239 g/mol. The Kier molecular flexibility index (Phi) is 3.21. The smallest absolute Gasteiger partial charge is 0.243 e. The molecule has 17 heavy (non-hydrogen) atoms. The molecule has 0 bridgehead atoms. The van der Waals surface area contributed by atoms with Crippen LogP contribution in [0.3, 0.4) is 0 Å². The molecule has 1 saturated heterocycles. The maximum absolute atomic E-state index is 12.3. The van der Waals surface area contributed by atoms with Crippen molar-refractivity contribution in [3.63, 3.8) is 0 Å². The second kappa shape index (κ2) is 4.25. The van der Waals surface area contributed by atoms with E-state index in [1.54, 1.807) is 0 Å². The Labute approximate surface area is 104 Å². The lowest BCUT2D eigenvalue weighted by Crippen LogP contribution is -2.58. The van der Waals surface area contributed by atoms with Crippen LogP contribution in [-0.4, -0.2) is 54.1 Å². The van der Waals surface area contributed by atoms with Gasteiger partial charge in [0.25, 0.3) is 0 Å². The number of hydrogen-bond donors (Lipinski definition) is 1. The van der Waals surface area contributed by atoms with Gasteiger partial charge in [-0.15, -0.1) is 0 Å². The van der Waals surface area contributed by atoms with E-state index < -0.39 is 0 Å². The fourth-order valence-electron chi connectivity index (χ4n) is 2.86. The zero-order chi connectivity index (χ0) is 12.7. The summed E-state index contributed by atoms with van der Waals surface area (Å²) >= 11 is 0. The molecule has 2 aliphatic rings. The molecule has 1 aliphatic heterocycles. The van der Waals surface area contributed by atoms with E-state index in [9.17, 15) is 4.79 Å². The van der Waals surface area contributed by atoms with Gasteiger partial charge in [-0.25, -0.2) is 0 Å². The third-order valence-corrected chi connectivity index (χ3v) is 4.84. The Hall–Kier alpha value is -0.610. The van der Waals surface area contributed by atoms with E-state index in [2.05, 4.69) is 31.2 Å². The summed E-state index contributed by atoms with van der Waals surface area (Å²) in [6.07, 6.45) is 4.58. The SMILES string of the molecule is CCC1(C)NCN(CC2(N(C)C)CCC2)C1=O. The number of nitrogens with zero attached hydrogens (tertiary/aromatic N) is 2. The molecule has 0 aromatic heterocycles. The lowest BCUT2D eigenvalue weighted by Gasteiger charge is -2.49. The summed E-state index contributed by atoms with van der Waals surface area (Å²) in [5.74, 6) is 0.271. The van der Waals surface area contributed by atoms with Crippen molar-refractivity contribution in [2.45, 2.75) is 50.6 Å². The first-order chi connectivity index (χ1) is 7.93. The Morgan fingerprint density at radius 2 is 2.06 bits per heavy atom. The summed E-state index contributed by atoms with van der Waals surface area (Å²) in [7, 11) is 4.26. The zero-order valence-electron chi connectivity index (χ0n) is 11.5. The van der Waals surface area contributed by atoms with Gasteiger partial charge in [0.05, 0.1) is 12.2 Å². The van der Waals surface area contributed by atoms with Gasteiger partial charge in [-0.05, 0) is 46.7 Å². The molecular weight excluding hydrogens is 214 g/mol. The quantitative estimate of drug-likeness (QED) is 0.796. The lowest BCUT2D eigenvalue weighted by atomic mass is 9.75. The summed E-state index contributed by atoms with van der Waals surface area (Å²) < 4.78 is 0. The fourth-order valence-corrected chi connectivity index (χ4v) is 2.86. The van der Waals surface area contributed by atoms with Crippen molar-refractivity contribution in [1.82, 2.24) is 15.1 Å². The van der Waals surface area contributed by atoms with Crippen molar-refractivity contribution in [2.75, 3.05) is 27.3 Å². The molecule has 1 heterocycles. The molecule has 1 atom stereocenters. The van der Waals surface area contributed by atoms with Crippen LogP contribution in [0.2, 0.25) is 0 Å². The average Bonchev–Trinajstić information content (AvgIpc) is 2.51. The van der Waals surface area contributed by atoms with Crippen LogP contribution in [0, 0.1) is 0 Å². The van der Waals surface area contributed by atoms with E-state index in [4.69, 9.17) is 0 Å². The molecule has 0 aromatic rings. The molecule has 4 heteroatoms. The highest BCUT2D eigenvalue weighted by atomic mass is 16.2. The highest BCUT2D eigenvalue weighted by Gasteiger charge is 2.47. The number of hydrogen-bond acceptors (Lipinski definition) is 3. The summed E-state index contributed by atoms with van der Waals surface area (Å²) in [4.78, 5) is 16.6. The maximum Gasteiger partial charge on any atom is 0.243 e. The van der Waals surface area contributed by atoms with Crippen LogP contribution in [-0.2, 0) is 4.79 Å². The van der Waals surface area contributed by atoms with Gasteiger partial charge in [0.2, 0.25) is 5.91 Å². The van der Waals surface area contributed by atoms with Gasteiger partial charge in [-0.1, -0.05) is 6.92 Å². The van der Waals surface area contributed by atoms with E-state index in [1.807, 2.05) is 11.8 Å². The summed E-state index contributed by atoms with van der Waals surface area (Å²) in [6.45, 7) is 5.66. The number of nitrogens with one attached hydrogen (secondary N) is 1. The minimum atomic E-state index is -0.336. The molecule has 0 spiro atoms. The van der Waals surface area contributed by atoms with Crippen molar-refractivity contribution in [1.29, 1.82) is 0 Å². The van der Waals surface area contributed by atoms with Crippen molar-refractivity contribution in [2.24, 2.45) is 0 Å². The van der Waals surface area contributed by atoms with Crippen LogP contribution in [0.15, 0.2) is 0 Å². The zero-order valence-corrected chi connectivity index (χ0v) is 11.5. The predicted molar refractivity (Wildman–Crippen MR) is 68.7 cm³/mol. The summed E-state index contributed by atoms with van der Waals surface area (Å²) in [5.41, 5.74) is -0.104. The number of amides is 1. The molecule has 1 N–H and O–H groups in total. The van der Waals surface area contributed by atoms with Gasteiger partial charge in [0.1, 0.15) is 0 Å². The number of likely N-dealkylation sites (N-methyl/N-ethyl adjacent to an activating group) is 1. The minimum Gasteiger partial charge on any atom is -0.326 e. The van der Waals surface area contributed by atoms with Gasteiger partial charge in [0, 0.05) is 12.1 Å². The van der Waals surface area contributed by atoms with Crippen molar-refractivity contribution < 1.29 is 4.79 Å². The van der Waals surface area contributed by atoms with E-state index in [-0.39, 0.29) is 17.0 Å². The fraction of sp³-hybridized carbons (Fsp3) is 0.923. The Bertz CT molecular complexity index is 312. The molecule has 1 amide bonds. The second-order valence-electron chi connectivity index (χ2n) is 6.00. The molecule has 1 aliphatic carbocycles. The van der Waals surface area contributed by atoms with Crippen LogP contribution in [0.5, 0.6) is 0 Å². The van der Waals surface area contributed by atoms with Crippen molar-refractivity contribution in [3.05, 3.63) is 0 Å². The van der Waals surface area contributed by atoms with Crippen molar-refractivity contribution >= 4 is 5.91 Å². The minimum absolute atomic E-state index is 0.232. The van der Waals surface area contributed by atoms with Crippen LogP contribution in [0.4, 0.5) is 0 Å². The standard InChI is InChI=1S/C13H25N3O/c1-5-12(2)11(17)16(10-14-12)9-13(15(3)4)7-6-8-13/h14H,5-10H2,1-4H3. The predicted octanol–water partition coefficient (Wildman–Crippen LogP) is 1.03. The number of rotatable bonds is 4.